The Morgan fingerprint density at radius 1 is 0.886 bits per heavy atom. The van der Waals surface area contributed by atoms with E-state index >= 15 is 0 Å². The van der Waals surface area contributed by atoms with Gasteiger partial charge in [-0.1, -0.05) is 36.4 Å². The van der Waals surface area contributed by atoms with E-state index in [-0.39, 0.29) is 12.2 Å². The first-order valence-corrected chi connectivity index (χ1v) is 14.2. The summed E-state index contributed by atoms with van der Waals surface area (Å²) in [6.07, 6.45) is -1.43. The molecular formula is C32H44N4O8. The first-order chi connectivity index (χ1) is 20.3. The number of primary amides is 1. The summed E-state index contributed by atoms with van der Waals surface area (Å²) in [6.45, 7) is 11.6. The van der Waals surface area contributed by atoms with Crippen molar-refractivity contribution in [3.05, 3.63) is 65.2 Å². The minimum atomic E-state index is -1.47. The molecular weight excluding hydrogens is 568 g/mol. The molecule has 0 radical (unpaired) electrons. The van der Waals surface area contributed by atoms with Crippen molar-refractivity contribution in [2.75, 3.05) is 7.05 Å². The van der Waals surface area contributed by atoms with Gasteiger partial charge in [-0.15, -0.1) is 0 Å². The third-order valence-corrected chi connectivity index (χ3v) is 6.20. The predicted octanol–water partition coefficient (Wildman–Crippen LogP) is 3.04. The van der Waals surface area contributed by atoms with Gasteiger partial charge in [0.05, 0.1) is 6.42 Å². The maximum atomic E-state index is 14.0. The van der Waals surface area contributed by atoms with Gasteiger partial charge in [0.1, 0.15) is 35.1 Å². The zero-order valence-electron chi connectivity index (χ0n) is 26.6. The molecule has 0 bridgehead atoms. The number of aryl methyl sites for hydroxylation is 1. The smallest absolute Gasteiger partial charge is 0.408 e. The third kappa shape index (κ3) is 11.2. The molecule has 0 aliphatic heterocycles. The number of hydrogen-bond acceptors (Lipinski definition) is 8. The molecule has 0 heterocycles. The topological polar surface area (TPSA) is 177 Å². The number of benzene rings is 2. The lowest BCUT2D eigenvalue weighted by Crippen LogP contribution is -2.54. The van der Waals surface area contributed by atoms with Crippen molar-refractivity contribution in [3.8, 4) is 5.75 Å². The average Bonchev–Trinajstić information content (AvgIpc) is 2.87. The highest BCUT2D eigenvalue weighted by Gasteiger charge is 2.37. The highest BCUT2D eigenvalue weighted by Crippen LogP contribution is 2.27. The Balaban J connectivity index is 2.51. The molecule has 12 heteroatoms. The summed E-state index contributed by atoms with van der Waals surface area (Å²) < 4.78 is 10.8. The molecule has 4 amide bonds. The first kappa shape index (κ1) is 35.6. The van der Waals surface area contributed by atoms with Gasteiger partial charge in [-0.3, -0.25) is 14.4 Å². The fraction of sp³-hybridized carbons (Fsp3) is 0.469. The SMILES string of the molecule is Cc1cc(C(C(=O)NC(Cc2ccccc2)C(=O)OC(C)(C)C)N(C)C(=O)C(CC(N)=O)NC(=O)OC(C)(C)C)ccc1O. The summed E-state index contributed by atoms with van der Waals surface area (Å²) in [5, 5.41) is 15.2. The fourth-order valence-electron chi connectivity index (χ4n) is 4.29. The van der Waals surface area contributed by atoms with Gasteiger partial charge in [0.25, 0.3) is 0 Å². The summed E-state index contributed by atoms with van der Waals surface area (Å²) in [4.78, 5) is 66.5. The molecule has 3 atom stereocenters. The second-order valence-corrected chi connectivity index (χ2v) is 12.6. The number of carbonyl (C=O) groups is 5. The van der Waals surface area contributed by atoms with Gasteiger partial charge in [-0.25, -0.2) is 9.59 Å². The van der Waals surface area contributed by atoms with Gasteiger partial charge in [-0.2, -0.15) is 0 Å². The maximum absolute atomic E-state index is 14.0. The Morgan fingerprint density at radius 3 is 2.00 bits per heavy atom. The molecule has 12 nitrogen and oxygen atoms in total. The van der Waals surface area contributed by atoms with Crippen LogP contribution in [0, 0.1) is 6.92 Å². The second kappa shape index (κ2) is 14.7. The van der Waals surface area contributed by atoms with Gasteiger partial charge < -0.3 is 35.8 Å². The molecule has 2 aromatic carbocycles. The lowest BCUT2D eigenvalue weighted by molar-refractivity contribution is -0.159. The highest BCUT2D eigenvalue weighted by atomic mass is 16.6. The zero-order valence-corrected chi connectivity index (χ0v) is 26.6. The molecule has 0 spiro atoms. The van der Waals surface area contributed by atoms with Crippen LogP contribution in [0.4, 0.5) is 4.79 Å². The molecule has 0 aromatic heterocycles. The zero-order chi connectivity index (χ0) is 33.4. The molecule has 5 N–H and O–H groups in total. The molecule has 0 saturated carbocycles. The molecule has 44 heavy (non-hydrogen) atoms. The number of rotatable bonds is 11. The Hall–Kier alpha value is -4.61. The minimum Gasteiger partial charge on any atom is -0.508 e. The van der Waals surface area contributed by atoms with Crippen LogP contribution in [0.15, 0.2) is 48.5 Å². The molecule has 3 unspecified atom stereocenters. The average molecular weight is 613 g/mol. The number of alkyl carbamates (subject to hydrolysis) is 1. The largest absolute Gasteiger partial charge is 0.508 e. The number of amides is 4. The monoisotopic (exact) mass is 612 g/mol. The van der Waals surface area contributed by atoms with E-state index in [4.69, 9.17) is 15.2 Å². The van der Waals surface area contributed by atoms with Crippen molar-refractivity contribution < 1.29 is 38.6 Å². The maximum Gasteiger partial charge on any atom is 0.408 e. The number of phenolic OH excluding ortho intramolecular Hbond substituents is 1. The lowest BCUT2D eigenvalue weighted by atomic mass is 9.99. The predicted molar refractivity (Wildman–Crippen MR) is 163 cm³/mol. The summed E-state index contributed by atoms with van der Waals surface area (Å²) in [7, 11) is 1.32. The first-order valence-electron chi connectivity index (χ1n) is 14.2. The molecule has 0 aliphatic rings. The number of esters is 1. The Kier molecular flexibility index (Phi) is 11.9. The Labute approximate surface area is 258 Å². The number of aromatic hydroxyl groups is 1. The Bertz CT molecular complexity index is 1350. The van der Waals surface area contributed by atoms with Gasteiger partial charge >= 0.3 is 12.1 Å². The van der Waals surface area contributed by atoms with Gasteiger partial charge in [0.15, 0.2) is 0 Å². The van der Waals surface area contributed by atoms with Gasteiger partial charge in [-0.05, 0) is 77.3 Å². The normalized spacial score (nSPS) is 13.5. The molecule has 0 aliphatic carbocycles. The highest BCUT2D eigenvalue weighted by molar-refractivity contribution is 5.95. The number of nitrogens with zero attached hydrogens (tertiary/aromatic N) is 1. The molecule has 0 saturated heterocycles. The van der Waals surface area contributed by atoms with Crippen LogP contribution < -0.4 is 16.4 Å². The number of likely N-dealkylation sites (N-methyl/N-ethyl adjacent to an activating group) is 1. The molecule has 0 fully saturated rings. The lowest BCUT2D eigenvalue weighted by Gasteiger charge is -2.33. The van der Waals surface area contributed by atoms with Crippen LogP contribution in [0.5, 0.6) is 5.75 Å². The van der Waals surface area contributed by atoms with Crippen molar-refractivity contribution in [1.29, 1.82) is 0 Å². The third-order valence-electron chi connectivity index (χ3n) is 6.20. The number of carbonyl (C=O) groups excluding carboxylic acids is 5. The van der Waals surface area contributed by atoms with Crippen molar-refractivity contribution in [2.24, 2.45) is 5.73 Å². The van der Waals surface area contributed by atoms with Crippen LogP contribution in [0.2, 0.25) is 0 Å². The summed E-state index contributed by atoms with van der Waals surface area (Å²) in [5.41, 5.74) is 5.13. The quantitative estimate of drug-likeness (QED) is 0.280. The standard InChI is InChI=1S/C32H44N4O8/c1-19-16-21(14-15-24(19)37)26(36(8)28(40)22(18-25(33)38)35-30(42)44-32(5,6)7)27(39)34-23(29(41)43-31(2,3)4)17-20-12-10-9-11-13-20/h9-16,22-23,26,37H,17-18H2,1-8H3,(H2,33,38)(H,34,39)(H,35,42). The van der Waals surface area contributed by atoms with Gasteiger partial charge in [0.2, 0.25) is 17.7 Å². The van der Waals surface area contributed by atoms with E-state index in [1.807, 2.05) is 6.07 Å². The number of ether oxygens (including phenoxy) is 2. The van der Waals surface area contributed by atoms with Crippen molar-refractivity contribution >= 4 is 29.8 Å². The Morgan fingerprint density at radius 2 is 1.48 bits per heavy atom. The van der Waals surface area contributed by atoms with Crippen molar-refractivity contribution in [1.82, 2.24) is 15.5 Å². The molecule has 2 aromatic rings. The summed E-state index contributed by atoms with van der Waals surface area (Å²) in [6, 6.07) is 9.42. The van der Waals surface area contributed by atoms with E-state index in [1.165, 1.54) is 25.2 Å². The van der Waals surface area contributed by atoms with Crippen LogP contribution in [-0.2, 0) is 35.1 Å². The molecule has 2 rings (SSSR count). The summed E-state index contributed by atoms with van der Waals surface area (Å²) in [5.74, 6) is -3.15. The van der Waals surface area contributed by atoms with E-state index in [0.717, 1.165) is 10.5 Å². The molecule has 240 valence electrons. The summed E-state index contributed by atoms with van der Waals surface area (Å²) >= 11 is 0. The van der Waals surface area contributed by atoms with Crippen LogP contribution in [0.25, 0.3) is 0 Å². The minimum absolute atomic E-state index is 0.0317. The van der Waals surface area contributed by atoms with E-state index in [2.05, 4.69) is 10.6 Å². The van der Waals surface area contributed by atoms with E-state index in [1.54, 1.807) is 72.7 Å². The van der Waals surface area contributed by atoms with E-state index < -0.39 is 65.5 Å². The van der Waals surface area contributed by atoms with E-state index in [0.29, 0.717) is 11.1 Å². The van der Waals surface area contributed by atoms with Crippen LogP contribution in [-0.4, -0.2) is 70.1 Å². The second-order valence-electron chi connectivity index (χ2n) is 12.6. The van der Waals surface area contributed by atoms with Crippen molar-refractivity contribution in [2.45, 2.75) is 90.6 Å². The fourth-order valence-corrected chi connectivity index (χ4v) is 4.29. The number of phenols is 1. The number of hydrogen-bond donors (Lipinski definition) is 4. The van der Waals surface area contributed by atoms with Crippen LogP contribution in [0.1, 0.15) is 70.7 Å². The van der Waals surface area contributed by atoms with Crippen molar-refractivity contribution in [3.63, 3.8) is 0 Å². The number of nitrogens with one attached hydrogen (secondary N) is 2. The van der Waals surface area contributed by atoms with Crippen LogP contribution in [0.3, 0.4) is 0 Å². The number of nitrogens with two attached hydrogens (primary N) is 1. The van der Waals surface area contributed by atoms with E-state index in [9.17, 15) is 29.1 Å². The van der Waals surface area contributed by atoms with Gasteiger partial charge in [0, 0.05) is 13.5 Å². The van der Waals surface area contributed by atoms with Crippen LogP contribution >= 0.6 is 0 Å².